The Bertz CT molecular complexity index is 506. The topological polar surface area (TPSA) is 55.6 Å². The van der Waals surface area contributed by atoms with Gasteiger partial charge in [-0.05, 0) is 43.4 Å². The van der Waals surface area contributed by atoms with Crippen molar-refractivity contribution in [2.24, 2.45) is 5.41 Å². The predicted molar refractivity (Wildman–Crippen MR) is 86.7 cm³/mol. The van der Waals surface area contributed by atoms with Crippen molar-refractivity contribution in [1.82, 2.24) is 0 Å². The number of carbonyl (C=O) groups excluding carboxylic acids is 1. The van der Waals surface area contributed by atoms with E-state index in [1.807, 2.05) is 6.07 Å². The van der Waals surface area contributed by atoms with Crippen LogP contribution in [0.15, 0.2) is 18.2 Å². The van der Waals surface area contributed by atoms with Crippen LogP contribution in [0.4, 0.5) is 11.4 Å². The van der Waals surface area contributed by atoms with Crippen molar-refractivity contribution >= 4 is 17.3 Å². The van der Waals surface area contributed by atoms with Crippen molar-refractivity contribution in [2.45, 2.75) is 40.0 Å². The maximum atomic E-state index is 11.7. The number of ether oxygens (including phenoxy) is 1. The molecule has 0 amide bonds. The average Bonchev–Trinajstić information content (AvgIpc) is 2.48. The van der Waals surface area contributed by atoms with Crippen molar-refractivity contribution in [1.29, 1.82) is 0 Å². The normalized spacial score (nSPS) is 17.6. The Morgan fingerprint density at radius 2 is 2.00 bits per heavy atom. The molecule has 1 aromatic carbocycles. The number of hydrogen-bond acceptors (Lipinski definition) is 4. The molecule has 116 valence electrons. The van der Waals surface area contributed by atoms with Gasteiger partial charge in [0.2, 0.25) is 0 Å². The maximum absolute atomic E-state index is 11.7. The number of rotatable bonds is 4. The van der Waals surface area contributed by atoms with Gasteiger partial charge in [0.05, 0.1) is 23.5 Å². The number of hydrogen-bond donors (Lipinski definition) is 1. The monoisotopic (exact) mass is 290 g/mol. The van der Waals surface area contributed by atoms with Crippen LogP contribution in [0.5, 0.6) is 0 Å². The lowest BCUT2D eigenvalue weighted by Crippen LogP contribution is -2.38. The van der Waals surface area contributed by atoms with Gasteiger partial charge in [-0.15, -0.1) is 0 Å². The number of piperidine rings is 1. The Morgan fingerprint density at radius 3 is 2.52 bits per heavy atom. The highest BCUT2D eigenvalue weighted by Gasteiger charge is 2.29. The second kappa shape index (κ2) is 6.37. The standard InChI is InChI=1S/C17H26N2O2/c1-4-17(3)8-10-19(11-9-17)15-7-6-13(12-14(15)18)16(20)21-5-2/h6-7,12H,4-5,8-11,18H2,1-3H3. The molecule has 1 aliphatic heterocycles. The summed E-state index contributed by atoms with van der Waals surface area (Å²) < 4.78 is 5.00. The van der Waals surface area contributed by atoms with Gasteiger partial charge < -0.3 is 15.4 Å². The fourth-order valence-electron chi connectivity index (χ4n) is 2.82. The molecule has 1 aromatic rings. The van der Waals surface area contributed by atoms with Crippen LogP contribution in [0.1, 0.15) is 50.4 Å². The third-order valence-electron chi connectivity index (χ3n) is 4.70. The minimum atomic E-state index is -0.312. The van der Waals surface area contributed by atoms with Crippen molar-refractivity contribution < 1.29 is 9.53 Å². The molecule has 0 atom stereocenters. The fraction of sp³-hybridized carbons (Fsp3) is 0.588. The number of benzene rings is 1. The lowest BCUT2D eigenvalue weighted by atomic mass is 9.78. The molecule has 4 nitrogen and oxygen atoms in total. The van der Waals surface area contributed by atoms with Gasteiger partial charge in [0.15, 0.2) is 0 Å². The van der Waals surface area contributed by atoms with Gasteiger partial charge in [-0.2, -0.15) is 0 Å². The summed E-state index contributed by atoms with van der Waals surface area (Å²) in [5.41, 5.74) is 8.80. The van der Waals surface area contributed by atoms with Crippen molar-refractivity contribution in [3.05, 3.63) is 23.8 Å². The van der Waals surface area contributed by atoms with E-state index in [4.69, 9.17) is 10.5 Å². The van der Waals surface area contributed by atoms with Crippen LogP contribution in [-0.4, -0.2) is 25.7 Å². The zero-order valence-electron chi connectivity index (χ0n) is 13.3. The van der Waals surface area contributed by atoms with Gasteiger partial charge in [-0.25, -0.2) is 4.79 Å². The van der Waals surface area contributed by atoms with Gasteiger partial charge in [-0.1, -0.05) is 20.3 Å². The van der Waals surface area contributed by atoms with E-state index < -0.39 is 0 Å². The van der Waals surface area contributed by atoms with Crippen LogP contribution in [0.25, 0.3) is 0 Å². The number of anilines is 2. The second-order valence-electron chi connectivity index (χ2n) is 6.15. The highest BCUT2D eigenvalue weighted by Crippen LogP contribution is 2.37. The Kier molecular flexibility index (Phi) is 4.76. The summed E-state index contributed by atoms with van der Waals surface area (Å²) in [7, 11) is 0. The molecule has 1 fully saturated rings. The number of nitrogen functional groups attached to an aromatic ring is 1. The molecule has 0 aliphatic carbocycles. The highest BCUT2D eigenvalue weighted by molar-refractivity contribution is 5.92. The van der Waals surface area contributed by atoms with Crippen LogP contribution in [0.2, 0.25) is 0 Å². The first-order chi connectivity index (χ1) is 9.99. The molecular weight excluding hydrogens is 264 g/mol. The summed E-state index contributed by atoms with van der Waals surface area (Å²) in [4.78, 5) is 14.0. The molecule has 0 unspecified atom stereocenters. The minimum absolute atomic E-state index is 0.312. The van der Waals surface area contributed by atoms with Crippen molar-refractivity contribution in [3.63, 3.8) is 0 Å². The molecule has 2 N–H and O–H groups in total. The maximum Gasteiger partial charge on any atom is 0.338 e. The third-order valence-corrected chi connectivity index (χ3v) is 4.70. The zero-order valence-corrected chi connectivity index (χ0v) is 13.3. The summed E-state index contributed by atoms with van der Waals surface area (Å²) in [6.07, 6.45) is 3.59. The highest BCUT2D eigenvalue weighted by atomic mass is 16.5. The van der Waals surface area contributed by atoms with Gasteiger partial charge in [0.25, 0.3) is 0 Å². The number of carbonyl (C=O) groups is 1. The summed E-state index contributed by atoms with van der Waals surface area (Å²) in [6, 6.07) is 5.47. The van der Waals surface area contributed by atoms with E-state index in [2.05, 4.69) is 18.7 Å². The molecule has 1 aliphatic rings. The smallest absolute Gasteiger partial charge is 0.338 e. The summed E-state index contributed by atoms with van der Waals surface area (Å²) in [6.45, 7) is 8.84. The Morgan fingerprint density at radius 1 is 1.33 bits per heavy atom. The molecule has 1 heterocycles. The molecule has 0 spiro atoms. The van der Waals surface area contributed by atoms with Crippen LogP contribution < -0.4 is 10.6 Å². The van der Waals surface area contributed by atoms with Crippen molar-refractivity contribution in [2.75, 3.05) is 30.3 Å². The molecule has 0 radical (unpaired) electrons. The third kappa shape index (κ3) is 3.49. The molecule has 1 saturated heterocycles. The molecule has 4 heteroatoms. The SMILES string of the molecule is CCOC(=O)c1ccc(N2CCC(C)(CC)CC2)c(N)c1. The van der Waals surface area contributed by atoms with E-state index >= 15 is 0 Å². The molecule has 21 heavy (non-hydrogen) atoms. The summed E-state index contributed by atoms with van der Waals surface area (Å²) in [5, 5.41) is 0. The first-order valence-electron chi connectivity index (χ1n) is 7.80. The van der Waals surface area contributed by atoms with Gasteiger partial charge in [0, 0.05) is 13.1 Å². The fourth-order valence-corrected chi connectivity index (χ4v) is 2.82. The van der Waals surface area contributed by atoms with Gasteiger partial charge in [-0.3, -0.25) is 0 Å². The van der Waals surface area contributed by atoms with Crippen LogP contribution >= 0.6 is 0 Å². The predicted octanol–water partition coefficient (Wildman–Crippen LogP) is 3.46. The van der Waals surface area contributed by atoms with Crippen LogP contribution in [0.3, 0.4) is 0 Å². The van der Waals surface area contributed by atoms with Gasteiger partial charge in [0.1, 0.15) is 0 Å². The van der Waals surface area contributed by atoms with Gasteiger partial charge >= 0.3 is 5.97 Å². The molecule has 0 aromatic heterocycles. The summed E-state index contributed by atoms with van der Waals surface area (Å²) in [5.74, 6) is -0.312. The Hall–Kier alpha value is -1.71. The molecule has 0 bridgehead atoms. The van der Waals surface area contributed by atoms with E-state index in [9.17, 15) is 4.79 Å². The lowest BCUT2D eigenvalue weighted by Gasteiger charge is -2.40. The Balaban J connectivity index is 2.10. The minimum Gasteiger partial charge on any atom is -0.462 e. The van der Waals surface area contributed by atoms with E-state index in [1.165, 1.54) is 19.3 Å². The van der Waals surface area contributed by atoms with E-state index in [-0.39, 0.29) is 5.97 Å². The number of esters is 1. The number of nitrogens with two attached hydrogens (primary N) is 1. The van der Waals surface area contributed by atoms with Crippen LogP contribution in [-0.2, 0) is 4.74 Å². The van der Waals surface area contributed by atoms with E-state index in [1.54, 1.807) is 19.1 Å². The molecular formula is C17H26N2O2. The largest absolute Gasteiger partial charge is 0.462 e. The quantitative estimate of drug-likeness (QED) is 0.681. The van der Waals surface area contributed by atoms with E-state index in [0.717, 1.165) is 18.8 Å². The number of nitrogens with zero attached hydrogens (tertiary/aromatic N) is 1. The van der Waals surface area contributed by atoms with Crippen LogP contribution in [0, 0.1) is 5.41 Å². The summed E-state index contributed by atoms with van der Waals surface area (Å²) >= 11 is 0. The lowest BCUT2D eigenvalue weighted by molar-refractivity contribution is 0.0526. The zero-order chi connectivity index (χ0) is 15.5. The molecule has 2 rings (SSSR count). The first kappa shape index (κ1) is 15.7. The average molecular weight is 290 g/mol. The van der Waals surface area contributed by atoms with Crippen molar-refractivity contribution in [3.8, 4) is 0 Å². The first-order valence-corrected chi connectivity index (χ1v) is 7.80. The van der Waals surface area contributed by atoms with E-state index in [0.29, 0.717) is 23.3 Å². The molecule has 0 saturated carbocycles. The Labute approximate surface area is 127 Å². The second-order valence-corrected chi connectivity index (χ2v) is 6.15.